The van der Waals surface area contributed by atoms with Gasteiger partial charge in [-0.15, -0.1) is 0 Å². The SMILES string of the molecule is COc1cccc(NC(=O)[C@@H]2CCN(c3ccccc3)C2=O)c1. The first-order chi connectivity index (χ1) is 11.2. The number of nitrogens with one attached hydrogen (secondary N) is 1. The number of ether oxygens (including phenoxy) is 1. The van der Waals surface area contributed by atoms with Gasteiger partial charge in [-0.3, -0.25) is 9.59 Å². The third-order valence-corrected chi connectivity index (χ3v) is 3.93. The lowest BCUT2D eigenvalue weighted by Crippen LogP contribution is -2.33. The molecule has 5 heteroatoms. The van der Waals surface area contributed by atoms with Crippen molar-refractivity contribution in [2.45, 2.75) is 6.42 Å². The van der Waals surface area contributed by atoms with Crippen LogP contribution in [0.3, 0.4) is 0 Å². The molecule has 0 aromatic heterocycles. The number of rotatable bonds is 4. The second-order valence-corrected chi connectivity index (χ2v) is 5.39. The molecule has 118 valence electrons. The highest BCUT2D eigenvalue weighted by Gasteiger charge is 2.37. The first-order valence-electron chi connectivity index (χ1n) is 7.50. The molecule has 1 aliphatic rings. The monoisotopic (exact) mass is 310 g/mol. The van der Waals surface area contributed by atoms with Crippen molar-refractivity contribution >= 4 is 23.2 Å². The second kappa shape index (κ2) is 6.52. The van der Waals surface area contributed by atoms with Gasteiger partial charge in [0.05, 0.1) is 7.11 Å². The summed E-state index contributed by atoms with van der Waals surface area (Å²) in [6.45, 7) is 0.555. The number of hydrogen-bond donors (Lipinski definition) is 1. The molecule has 1 atom stereocenters. The van der Waals surface area contributed by atoms with Crippen molar-refractivity contribution in [2.75, 3.05) is 23.9 Å². The normalized spacial score (nSPS) is 17.2. The van der Waals surface area contributed by atoms with Gasteiger partial charge in [0.15, 0.2) is 0 Å². The number of carbonyl (C=O) groups is 2. The predicted octanol–water partition coefficient (Wildman–Crippen LogP) is 2.69. The third kappa shape index (κ3) is 3.18. The molecular weight excluding hydrogens is 292 g/mol. The van der Waals surface area contributed by atoms with Crippen molar-refractivity contribution in [1.82, 2.24) is 0 Å². The van der Waals surface area contributed by atoms with Crippen LogP contribution in [0.15, 0.2) is 54.6 Å². The zero-order valence-electron chi connectivity index (χ0n) is 12.9. The molecule has 2 amide bonds. The van der Waals surface area contributed by atoms with Gasteiger partial charge in [-0.05, 0) is 30.7 Å². The van der Waals surface area contributed by atoms with Crippen molar-refractivity contribution in [1.29, 1.82) is 0 Å². The number of amides is 2. The molecule has 0 bridgehead atoms. The summed E-state index contributed by atoms with van der Waals surface area (Å²) in [5.41, 5.74) is 1.45. The molecule has 0 radical (unpaired) electrons. The van der Waals surface area contributed by atoms with Gasteiger partial charge in [-0.1, -0.05) is 24.3 Å². The molecule has 0 aliphatic carbocycles. The highest BCUT2D eigenvalue weighted by molar-refractivity contribution is 6.13. The highest BCUT2D eigenvalue weighted by atomic mass is 16.5. The van der Waals surface area contributed by atoms with Crippen LogP contribution in [0, 0.1) is 5.92 Å². The Balaban J connectivity index is 1.70. The lowest BCUT2D eigenvalue weighted by Gasteiger charge is -2.16. The van der Waals surface area contributed by atoms with E-state index < -0.39 is 5.92 Å². The summed E-state index contributed by atoms with van der Waals surface area (Å²) < 4.78 is 5.13. The zero-order chi connectivity index (χ0) is 16.2. The Morgan fingerprint density at radius 1 is 1.17 bits per heavy atom. The molecule has 0 unspecified atom stereocenters. The molecule has 0 spiro atoms. The number of para-hydroxylation sites is 1. The van der Waals surface area contributed by atoms with Gasteiger partial charge in [-0.2, -0.15) is 0 Å². The van der Waals surface area contributed by atoms with Gasteiger partial charge >= 0.3 is 0 Å². The Kier molecular flexibility index (Phi) is 4.28. The second-order valence-electron chi connectivity index (χ2n) is 5.39. The van der Waals surface area contributed by atoms with E-state index >= 15 is 0 Å². The van der Waals surface area contributed by atoms with E-state index in [9.17, 15) is 9.59 Å². The van der Waals surface area contributed by atoms with E-state index in [0.29, 0.717) is 24.4 Å². The van der Waals surface area contributed by atoms with Crippen molar-refractivity contribution in [2.24, 2.45) is 5.92 Å². The standard InChI is InChI=1S/C18H18N2O3/c1-23-15-9-5-6-13(12-15)19-17(21)16-10-11-20(18(16)22)14-7-3-2-4-8-14/h2-9,12,16H,10-11H2,1H3,(H,19,21)/t16-/m0/s1. The van der Waals surface area contributed by atoms with Gasteiger partial charge in [0.25, 0.3) is 0 Å². The van der Waals surface area contributed by atoms with E-state index in [1.54, 1.807) is 36.3 Å². The van der Waals surface area contributed by atoms with Crippen LogP contribution in [-0.4, -0.2) is 25.5 Å². The molecule has 1 N–H and O–H groups in total. The van der Waals surface area contributed by atoms with Crippen molar-refractivity contribution < 1.29 is 14.3 Å². The van der Waals surface area contributed by atoms with Crippen LogP contribution < -0.4 is 15.0 Å². The molecule has 3 rings (SSSR count). The molecule has 5 nitrogen and oxygen atoms in total. The fourth-order valence-corrected chi connectivity index (χ4v) is 2.72. The minimum atomic E-state index is -0.651. The molecule has 1 aliphatic heterocycles. The number of carbonyl (C=O) groups excluding carboxylic acids is 2. The van der Waals surface area contributed by atoms with Crippen LogP contribution in [0.5, 0.6) is 5.75 Å². The lowest BCUT2D eigenvalue weighted by molar-refractivity contribution is -0.129. The Labute approximate surface area is 134 Å². The fraction of sp³-hybridized carbons (Fsp3) is 0.222. The van der Waals surface area contributed by atoms with Crippen molar-refractivity contribution in [3.8, 4) is 5.75 Å². The minimum absolute atomic E-state index is 0.156. The Bertz CT molecular complexity index is 715. The number of benzene rings is 2. The molecule has 1 saturated heterocycles. The van der Waals surface area contributed by atoms with E-state index in [1.807, 2.05) is 30.3 Å². The largest absolute Gasteiger partial charge is 0.497 e. The molecule has 2 aromatic rings. The highest BCUT2D eigenvalue weighted by Crippen LogP contribution is 2.26. The van der Waals surface area contributed by atoms with Crippen LogP contribution in [-0.2, 0) is 9.59 Å². The maximum Gasteiger partial charge on any atom is 0.239 e. The Morgan fingerprint density at radius 2 is 1.96 bits per heavy atom. The Hall–Kier alpha value is -2.82. The van der Waals surface area contributed by atoms with E-state index in [2.05, 4.69) is 5.32 Å². The lowest BCUT2D eigenvalue weighted by atomic mass is 10.1. The van der Waals surface area contributed by atoms with Crippen LogP contribution in [0.1, 0.15) is 6.42 Å². The molecule has 1 heterocycles. The summed E-state index contributed by atoms with van der Waals surface area (Å²) in [5, 5.41) is 2.79. The van der Waals surface area contributed by atoms with Gasteiger partial charge in [0.1, 0.15) is 11.7 Å². The maximum absolute atomic E-state index is 12.5. The first-order valence-corrected chi connectivity index (χ1v) is 7.50. The summed E-state index contributed by atoms with van der Waals surface area (Å²) >= 11 is 0. The number of anilines is 2. The third-order valence-electron chi connectivity index (χ3n) is 3.93. The number of nitrogens with zero attached hydrogens (tertiary/aromatic N) is 1. The number of hydrogen-bond acceptors (Lipinski definition) is 3. The maximum atomic E-state index is 12.5. The summed E-state index contributed by atoms with van der Waals surface area (Å²) in [7, 11) is 1.57. The molecule has 23 heavy (non-hydrogen) atoms. The van der Waals surface area contributed by atoms with E-state index in [-0.39, 0.29) is 11.8 Å². The summed E-state index contributed by atoms with van der Waals surface area (Å²) in [6.07, 6.45) is 0.517. The van der Waals surface area contributed by atoms with Crippen LogP contribution in [0.2, 0.25) is 0 Å². The van der Waals surface area contributed by atoms with Crippen molar-refractivity contribution in [3.05, 3.63) is 54.6 Å². The zero-order valence-corrected chi connectivity index (χ0v) is 12.9. The van der Waals surface area contributed by atoms with Gasteiger partial charge in [0, 0.05) is 24.0 Å². The molecular formula is C18H18N2O3. The molecule has 2 aromatic carbocycles. The first kappa shape index (κ1) is 15.1. The van der Waals surface area contributed by atoms with Crippen LogP contribution in [0.25, 0.3) is 0 Å². The average molecular weight is 310 g/mol. The summed E-state index contributed by atoms with van der Waals surface area (Å²) in [5.74, 6) is -0.425. The average Bonchev–Trinajstić information content (AvgIpc) is 2.97. The van der Waals surface area contributed by atoms with Crippen LogP contribution in [0.4, 0.5) is 11.4 Å². The van der Waals surface area contributed by atoms with E-state index in [1.165, 1.54) is 0 Å². The predicted molar refractivity (Wildman–Crippen MR) is 88.5 cm³/mol. The molecule has 0 saturated carbocycles. The number of methoxy groups -OCH3 is 1. The van der Waals surface area contributed by atoms with Gasteiger partial charge < -0.3 is 15.0 Å². The summed E-state index contributed by atoms with van der Waals surface area (Å²) in [6, 6.07) is 16.5. The topological polar surface area (TPSA) is 58.6 Å². The van der Waals surface area contributed by atoms with E-state index in [4.69, 9.17) is 4.74 Å². The van der Waals surface area contributed by atoms with Crippen molar-refractivity contribution in [3.63, 3.8) is 0 Å². The van der Waals surface area contributed by atoms with E-state index in [0.717, 1.165) is 5.69 Å². The summed E-state index contributed by atoms with van der Waals surface area (Å²) in [4.78, 5) is 26.6. The minimum Gasteiger partial charge on any atom is -0.497 e. The smallest absolute Gasteiger partial charge is 0.239 e. The Morgan fingerprint density at radius 3 is 2.70 bits per heavy atom. The van der Waals surface area contributed by atoms with Gasteiger partial charge in [0.2, 0.25) is 11.8 Å². The van der Waals surface area contributed by atoms with Gasteiger partial charge in [-0.25, -0.2) is 0 Å². The van der Waals surface area contributed by atoms with Crippen LogP contribution >= 0.6 is 0 Å². The fourth-order valence-electron chi connectivity index (χ4n) is 2.72. The molecule has 1 fully saturated rings. The quantitative estimate of drug-likeness (QED) is 0.883.